The summed E-state index contributed by atoms with van der Waals surface area (Å²) in [6.45, 7) is 23.7. The Balaban J connectivity index is 1.49. The summed E-state index contributed by atoms with van der Waals surface area (Å²) in [5.41, 5.74) is 17.5. The zero-order valence-electron chi connectivity index (χ0n) is 28.8. The minimum atomic E-state index is -0.181. The molecule has 0 aromatic heterocycles. The molecule has 0 heterocycles. The van der Waals surface area contributed by atoms with E-state index in [9.17, 15) is 0 Å². The summed E-state index contributed by atoms with van der Waals surface area (Å²) in [6, 6.07) is 38.9. The van der Waals surface area contributed by atoms with Crippen molar-refractivity contribution in [2.24, 2.45) is 0 Å². The maximum atomic E-state index is 2.51. The van der Waals surface area contributed by atoms with Gasteiger partial charge in [0.25, 0.3) is 0 Å². The molecule has 7 rings (SSSR count). The lowest BCUT2D eigenvalue weighted by atomic mass is 9.71. The highest BCUT2D eigenvalue weighted by Crippen LogP contribution is 2.58. The smallest absolute Gasteiger partial charge is 0.0508 e. The fraction of sp³-hybridized carbons (Fsp3) is 0.318. The lowest BCUT2D eigenvalue weighted by molar-refractivity contribution is 0.545. The summed E-state index contributed by atoms with van der Waals surface area (Å²) < 4.78 is 0. The highest BCUT2D eigenvalue weighted by molar-refractivity contribution is 5.93. The Morgan fingerprint density at radius 2 is 1.11 bits per heavy atom. The van der Waals surface area contributed by atoms with Gasteiger partial charge in [0.1, 0.15) is 0 Å². The van der Waals surface area contributed by atoms with Crippen molar-refractivity contribution in [3.05, 3.63) is 137 Å². The summed E-state index contributed by atoms with van der Waals surface area (Å²) in [6.07, 6.45) is 0. The van der Waals surface area contributed by atoms with Crippen LogP contribution in [0.1, 0.15) is 103 Å². The molecule has 0 unspecified atom stereocenters. The van der Waals surface area contributed by atoms with Gasteiger partial charge in [-0.15, -0.1) is 0 Å². The van der Waals surface area contributed by atoms with E-state index in [0.717, 1.165) is 0 Å². The summed E-state index contributed by atoms with van der Waals surface area (Å²) in [7, 11) is 0. The summed E-state index contributed by atoms with van der Waals surface area (Å²) in [5.74, 6) is 0. The molecule has 5 aromatic carbocycles. The number of hydrogen-bond acceptors (Lipinski definition) is 1. The van der Waals surface area contributed by atoms with E-state index < -0.39 is 0 Å². The molecule has 0 aliphatic heterocycles. The molecule has 0 spiro atoms. The van der Waals surface area contributed by atoms with Crippen molar-refractivity contribution < 1.29 is 0 Å². The Bertz CT molecular complexity index is 1960. The predicted molar refractivity (Wildman–Crippen MR) is 194 cm³/mol. The zero-order valence-corrected chi connectivity index (χ0v) is 28.8. The van der Waals surface area contributed by atoms with Crippen LogP contribution >= 0.6 is 0 Å². The van der Waals surface area contributed by atoms with Crippen LogP contribution in [-0.2, 0) is 21.7 Å². The number of hydrogen-bond donors (Lipinski definition) is 0. The zero-order chi connectivity index (χ0) is 32.1. The van der Waals surface area contributed by atoms with Crippen LogP contribution in [-0.4, -0.2) is 0 Å². The SMILES string of the molecule is CC(C)(C)c1cc2c(c(C(C)(C)C)c1)C(C)(C)c1c-2cccc1N(c1ccccc1)c1ccc2c(c1)C(C)(C)c1ccccc1-2. The van der Waals surface area contributed by atoms with Crippen molar-refractivity contribution in [1.29, 1.82) is 0 Å². The molecule has 0 atom stereocenters. The summed E-state index contributed by atoms with van der Waals surface area (Å²) in [5, 5.41) is 0. The van der Waals surface area contributed by atoms with Gasteiger partial charge >= 0.3 is 0 Å². The van der Waals surface area contributed by atoms with E-state index in [1.54, 1.807) is 0 Å². The van der Waals surface area contributed by atoms with E-state index in [0.29, 0.717) is 0 Å². The maximum Gasteiger partial charge on any atom is 0.0508 e. The standard InChI is InChI=1S/C44H47N/c1-41(2,3)28-25-34-33-20-16-22-38(40(33)44(9,10)39(34)37(26-28)42(4,5)6)45(29-17-12-11-13-18-29)30-23-24-32-31-19-14-15-21-35(31)43(7,8)36(32)27-30/h11-27H,1-10H3. The van der Waals surface area contributed by atoms with Crippen molar-refractivity contribution in [2.75, 3.05) is 4.90 Å². The quantitative estimate of drug-likeness (QED) is 0.202. The third-order valence-electron chi connectivity index (χ3n) is 10.5. The van der Waals surface area contributed by atoms with Gasteiger partial charge in [0.05, 0.1) is 5.69 Å². The van der Waals surface area contributed by atoms with Crippen LogP contribution in [0.2, 0.25) is 0 Å². The molecule has 0 fully saturated rings. The average molecular weight is 590 g/mol. The lowest BCUT2D eigenvalue weighted by Crippen LogP contribution is -2.26. The predicted octanol–water partition coefficient (Wildman–Crippen LogP) is 12.4. The molecular formula is C44H47N. The van der Waals surface area contributed by atoms with Crippen molar-refractivity contribution >= 4 is 17.1 Å². The van der Waals surface area contributed by atoms with Gasteiger partial charge in [-0.1, -0.05) is 142 Å². The van der Waals surface area contributed by atoms with Crippen molar-refractivity contribution in [3.8, 4) is 22.3 Å². The Morgan fingerprint density at radius 1 is 0.467 bits per heavy atom. The van der Waals surface area contributed by atoms with Crippen molar-refractivity contribution in [1.82, 2.24) is 0 Å². The van der Waals surface area contributed by atoms with E-state index in [2.05, 4.69) is 177 Å². The second-order valence-corrected chi connectivity index (χ2v) is 16.3. The van der Waals surface area contributed by atoms with E-state index in [4.69, 9.17) is 0 Å². The summed E-state index contributed by atoms with van der Waals surface area (Å²) in [4.78, 5) is 2.51. The second-order valence-electron chi connectivity index (χ2n) is 16.3. The van der Waals surface area contributed by atoms with Crippen LogP contribution in [0, 0.1) is 0 Å². The van der Waals surface area contributed by atoms with Crippen molar-refractivity contribution in [2.45, 2.75) is 90.9 Å². The Kier molecular flexibility index (Phi) is 6.38. The van der Waals surface area contributed by atoms with Crippen LogP contribution < -0.4 is 4.90 Å². The first kappa shape index (κ1) is 29.6. The molecule has 2 aliphatic rings. The number of nitrogens with zero attached hydrogens (tertiary/aromatic N) is 1. The highest BCUT2D eigenvalue weighted by Gasteiger charge is 2.43. The van der Waals surface area contributed by atoms with E-state index in [1.807, 2.05) is 0 Å². The number of fused-ring (bicyclic) bond motifs is 6. The first-order chi connectivity index (χ1) is 21.1. The van der Waals surface area contributed by atoms with Crippen molar-refractivity contribution in [3.63, 3.8) is 0 Å². The number of anilines is 3. The van der Waals surface area contributed by atoms with Gasteiger partial charge in [0, 0.05) is 22.2 Å². The van der Waals surface area contributed by atoms with E-state index in [-0.39, 0.29) is 21.7 Å². The van der Waals surface area contributed by atoms with Gasteiger partial charge in [-0.2, -0.15) is 0 Å². The third kappa shape index (κ3) is 4.42. The van der Waals surface area contributed by atoms with E-state index in [1.165, 1.54) is 72.7 Å². The number of para-hydroxylation sites is 1. The van der Waals surface area contributed by atoms with Gasteiger partial charge in [0.2, 0.25) is 0 Å². The minimum absolute atomic E-state index is 0.0184. The van der Waals surface area contributed by atoms with Crippen LogP contribution in [0.5, 0.6) is 0 Å². The second kappa shape index (κ2) is 9.70. The van der Waals surface area contributed by atoms with E-state index >= 15 is 0 Å². The fourth-order valence-electron chi connectivity index (χ4n) is 8.12. The molecule has 5 aromatic rings. The number of rotatable bonds is 3. The molecule has 1 heteroatoms. The molecule has 0 N–H and O–H groups in total. The fourth-order valence-corrected chi connectivity index (χ4v) is 8.12. The van der Waals surface area contributed by atoms with Gasteiger partial charge in [-0.05, 0) is 96.8 Å². The first-order valence-electron chi connectivity index (χ1n) is 16.5. The van der Waals surface area contributed by atoms with Gasteiger partial charge in [-0.25, -0.2) is 0 Å². The normalized spacial score (nSPS) is 15.7. The minimum Gasteiger partial charge on any atom is -0.310 e. The monoisotopic (exact) mass is 589 g/mol. The van der Waals surface area contributed by atoms with Gasteiger partial charge < -0.3 is 4.90 Å². The Hall–Kier alpha value is -4.10. The van der Waals surface area contributed by atoms with Crippen LogP contribution in [0.15, 0.2) is 103 Å². The third-order valence-corrected chi connectivity index (χ3v) is 10.5. The molecule has 0 saturated heterocycles. The van der Waals surface area contributed by atoms with Gasteiger partial charge in [0.15, 0.2) is 0 Å². The Morgan fingerprint density at radius 3 is 1.80 bits per heavy atom. The Labute approximate surface area is 271 Å². The topological polar surface area (TPSA) is 3.24 Å². The molecule has 2 aliphatic carbocycles. The van der Waals surface area contributed by atoms with Crippen LogP contribution in [0.4, 0.5) is 17.1 Å². The summed E-state index contributed by atoms with van der Waals surface area (Å²) >= 11 is 0. The largest absolute Gasteiger partial charge is 0.310 e. The van der Waals surface area contributed by atoms with Crippen LogP contribution in [0.25, 0.3) is 22.3 Å². The molecule has 0 amide bonds. The highest BCUT2D eigenvalue weighted by atomic mass is 15.1. The molecule has 0 saturated carbocycles. The molecule has 0 bridgehead atoms. The van der Waals surface area contributed by atoms with Gasteiger partial charge in [-0.3, -0.25) is 0 Å². The average Bonchev–Trinajstić information content (AvgIpc) is 3.37. The molecule has 0 radical (unpaired) electrons. The molecule has 45 heavy (non-hydrogen) atoms. The molecular weight excluding hydrogens is 542 g/mol. The number of benzene rings is 5. The molecule has 1 nitrogen and oxygen atoms in total. The van der Waals surface area contributed by atoms with Crippen LogP contribution in [0.3, 0.4) is 0 Å². The maximum absolute atomic E-state index is 2.51. The molecule has 228 valence electrons. The first-order valence-corrected chi connectivity index (χ1v) is 16.5. The lowest BCUT2D eigenvalue weighted by Gasteiger charge is -2.35.